The number of halogens is 1. The van der Waals surface area contributed by atoms with Crippen molar-refractivity contribution >= 4 is 50.2 Å². The number of H-pyrrole nitrogens is 1. The summed E-state index contributed by atoms with van der Waals surface area (Å²) >= 11 is 1.67. The number of rotatable bonds is 6. The van der Waals surface area contributed by atoms with Gasteiger partial charge in [0.05, 0.1) is 21.6 Å². The van der Waals surface area contributed by atoms with Crippen LogP contribution < -0.4 is 10.6 Å². The number of hydrogen-bond acceptors (Lipinski definition) is 7. The highest BCUT2D eigenvalue weighted by molar-refractivity contribution is 7.18. The van der Waals surface area contributed by atoms with E-state index in [9.17, 15) is 4.39 Å². The lowest BCUT2D eigenvalue weighted by atomic mass is 9.95. The van der Waals surface area contributed by atoms with Crippen LogP contribution in [-0.2, 0) is 6.42 Å². The number of hydrogen-bond donors (Lipinski definition) is 3. The largest absolute Gasteiger partial charge is 0.363 e. The molecule has 5 aromatic rings. The Morgan fingerprint density at radius 3 is 2.69 bits per heavy atom. The number of aromatic nitrogens is 5. The van der Waals surface area contributed by atoms with E-state index < -0.39 is 0 Å². The van der Waals surface area contributed by atoms with Crippen LogP contribution in [0.1, 0.15) is 24.4 Å². The number of nitrogens with one attached hydrogen (secondary N) is 3. The highest BCUT2D eigenvalue weighted by Gasteiger charge is 2.22. The van der Waals surface area contributed by atoms with Gasteiger partial charge in [0.1, 0.15) is 11.3 Å². The molecule has 0 saturated carbocycles. The van der Waals surface area contributed by atoms with Gasteiger partial charge in [-0.1, -0.05) is 12.1 Å². The van der Waals surface area contributed by atoms with Crippen molar-refractivity contribution in [1.82, 2.24) is 24.9 Å². The minimum absolute atomic E-state index is 0.240. The molecule has 0 fully saturated rings. The van der Waals surface area contributed by atoms with Crippen LogP contribution in [0, 0.1) is 12.7 Å². The Bertz CT molecular complexity index is 1410. The number of thiazole rings is 1. The SMILES string of the molecule is Cc1nc2cc(Nc3nc(NC(C)(C)Cc4ccc(F)cc4)c4[nH]cnc4n3)ccc2s1. The van der Waals surface area contributed by atoms with E-state index in [0.717, 1.165) is 32.0 Å². The van der Waals surface area contributed by atoms with Gasteiger partial charge in [0.25, 0.3) is 0 Å². The van der Waals surface area contributed by atoms with E-state index in [2.05, 4.69) is 44.4 Å². The fraction of sp³-hybridized carbons (Fsp3) is 0.217. The van der Waals surface area contributed by atoms with Gasteiger partial charge in [0, 0.05) is 11.2 Å². The number of nitrogens with zero attached hydrogens (tertiary/aromatic N) is 4. The Hall–Kier alpha value is -3.59. The Labute approximate surface area is 188 Å². The molecule has 2 aromatic carbocycles. The molecule has 0 unspecified atom stereocenters. The van der Waals surface area contributed by atoms with E-state index in [4.69, 9.17) is 4.98 Å². The third-order valence-electron chi connectivity index (χ3n) is 5.05. The summed E-state index contributed by atoms with van der Waals surface area (Å²) in [5.41, 5.74) is 3.77. The first-order valence-corrected chi connectivity index (χ1v) is 11.0. The molecule has 0 aliphatic rings. The van der Waals surface area contributed by atoms with Crippen LogP contribution in [0.3, 0.4) is 0 Å². The van der Waals surface area contributed by atoms with Gasteiger partial charge in [-0.3, -0.25) is 0 Å². The van der Waals surface area contributed by atoms with Gasteiger partial charge in [-0.25, -0.2) is 14.4 Å². The van der Waals surface area contributed by atoms with Crippen molar-refractivity contribution in [2.24, 2.45) is 0 Å². The smallest absolute Gasteiger partial charge is 0.231 e. The van der Waals surface area contributed by atoms with Crippen molar-refractivity contribution < 1.29 is 4.39 Å². The summed E-state index contributed by atoms with van der Waals surface area (Å²) < 4.78 is 14.4. The topological polar surface area (TPSA) is 91.4 Å². The molecule has 0 aliphatic carbocycles. The third kappa shape index (κ3) is 4.24. The summed E-state index contributed by atoms with van der Waals surface area (Å²) in [4.78, 5) is 21.2. The molecule has 0 aliphatic heterocycles. The first kappa shape index (κ1) is 20.3. The summed E-state index contributed by atoms with van der Waals surface area (Å²) in [7, 11) is 0. The predicted octanol–water partition coefficient (Wildman–Crippen LogP) is 5.59. The van der Waals surface area contributed by atoms with Crippen LogP contribution in [0.2, 0.25) is 0 Å². The van der Waals surface area contributed by atoms with Crippen LogP contribution in [0.4, 0.5) is 21.8 Å². The van der Waals surface area contributed by atoms with Gasteiger partial charge in [-0.05, 0) is 63.1 Å². The highest BCUT2D eigenvalue weighted by Crippen LogP contribution is 2.28. The molecule has 0 radical (unpaired) electrons. The van der Waals surface area contributed by atoms with E-state index in [0.29, 0.717) is 23.8 Å². The van der Waals surface area contributed by atoms with Gasteiger partial charge >= 0.3 is 0 Å². The summed E-state index contributed by atoms with van der Waals surface area (Å²) in [6.45, 7) is 6.15. The molecule has 32 heavy (non-hydrogen) atoms. The third-order valence-corrected chi connectivity index (χ3v) is 6.00. The maximum atomic E-state index is 13.3. The minimum Gasteiger partial charge on any atom is -0.363 e. The Kier molecular flexibility index (Phi) is 4.97. The lowest BCUT2D eigenvalue weighted by molar-refractivity contribution is 0.560. The molecule has 3 aromatic heterocycles. The molecular formula is C23H22FN7S. The fourth-order valence-corrected chi connectivity index (χ4v) is 4.51. The lowest BCUT2D eigenvalue weighted by Crippen LogP contribution is -2.34. The molecule has 0 atom stereocenters. The molecular weight excluding hydrogens is 425 g/mol. The summed E-state index contributed by atoms with van der Waals surface area (Å²) in [5.74, 6) is 0.847. The zero-order chi connectivity index (χ0) is 22.3. The second-order valence-electron chi connectivity index (χ2n) is 8.35. The van der Waals surface area contributed by atoms with Crippen molar-refractivity contribution in [3.63, 3.8) is 0 Å². The first-order chi connectivity index (χ1) is 15.3. The van der Waals surface area contributed by atoms with Crippen LogP contribution >= 0.6 is 11.3 Å². The Balaban J connectivity index is 1.43. The average molecular weight is 448 g/mol. The zero-order valence-electron chi connectivity index (χ0n) is 17.9. The summed E-state index contributed by atoms with van der Waals surface area (Å²) in [6, 6.07) is 12.6. The number of imidazole rings is 1. The maximum absolute atomic E-state index is 13.3. The van der Waals surface area contributed by atoms with Gasteiger partial charge in [-0.15, -0.1) is 11.3 Å². The standard InChI is InChI=1S/C23H22FN7S/c1-13-27-17-10-16(8-9-18(17)32-13)28-22-29-20-19(25-12-26-20)21(30-22)31-23(2,3)11-14-4-6-15(24)7-5-14/h4-10,12H,11H2,1-3H3,(H3,25,26,28,29,30,31). The van der Waals surface area contributed by atoms with Crippen molar-refractivity contribution in [3.8, 4) is 0 Å². The van der Waals surface area contributed by atoms with Gasteiger partial charge in [-0.2, -0.15) is 9.97 Å². The quantitative estimate of drug-likeness (QED) is 0.314. The predicted molar refractivity (Wildman–Crippen MR) is 127 cm³/mol. The van der Waals surface area contributed by atoms with E-state index in [1.165, 1.54) is 12.1 Å². The van der Waals surface area contributed by atoms with Crippen LogP contribution in [-0.4, -0.2) is 30.5 Å². The molecule has 3 N–H and O–H groups in total. The highest BCUT2D eigenvalue weighted by atomic mass is 32.1. The number of aryl methyl sites for hydroxylation is 1. The molecule has 5 rings (SSSR count). The Morgan fingerprint density at radius 2 is 1.88 bits per heavy atom. The second kappa shape index (κ2) is 7.83. The summed E-state index contributed by atoms with van der Waals surface area (Å²) in [5, 5.41) is 7.81. The van der Waals surface area contributed by atoms with Crippen molar-refractivity contribution in [3.05, 3.63) is 65.2 Å². The van der Waals surface area contributed by atoms with E-state index in [-0.39, 0.29) is 11.4 Å². The fourth-order valence-electron chi connectivity index (χ4n) is 3.71. The summed E-state index contributed by atoms with van der Waals surface area (Å²) in [6.07, 6.45) is 2.29. The molecule has 0 bridgehead atoms. The van der Waals surface area contributed by atoms with Crippen LogP contribution in [0.25, 0.3) is 21.4 Å². The molecule has 0 saturated heterocycles. The number of aromatic amines is 1. The van der Waals surface area contributed by atoms with Crippen molar-refractivity contribution in [2.75, 3.05) is 10.6 Å². The average Bonchev–Trinajstić information content (AvgIpc) is 3.34. The second-order valence-corrected chi connectivity index (χ2v) is 9.58. The minimum atomic E-state index is -0.349. The van der Waals surface area contributed by atoms with Gasteiger partial charge < -0.3 is 15.6 Å². The molecule has 0 amide bonds. The van der Waals surface area contributed by atoms with Gasteiger partial charge in [0.15, 0.2) is 11.5 Å². The van der Waals surface area contributed by atoms with Crippen LogP contribution in [0.5, 0.6) is 0 Å². The van der Waals surface area contributed by atoms with E-state index in [1.54, 1.807) is 29.8 Å². The first-order valence-electron chi connectivity index (χ1n) is 10.2. The van der Waals surface area contributed by atoms with Crippen molar-refractivity contribution in [2.45, 2.75) is 32.7 Å². The van der Waals surface area contributed by atoms with E-state index in [1.807, 2.05) is 25.1 Å². The van der Waals surface area contributed by atoms with E-state index >= 15 is 0 Å². The number of anilines is 3. The van der Waals surface area contributed by atoms with Crippen molar-refractivity contribution in [1.29, 1.82) is 0 Å². The molecule has 3 heterocycles. The van der Waals surface area contributed by atoms with Crippen LogP contribution in [0.15, 0.2) is 48.8 Å². The van der Waals surface area contributed by atoms with Gasteiger partial charge in [0.2, 0.25) is 5.95 Å². The lowest BCUT2D eigenvalue weighted by Gasteiger charge is -2.27. The number of benzene rings is 2. The maximum Gasteiger partial charge on any atom is 0.231 e. The monoisotopic (exact) mass is 447 g/mol. The molecule has 9 heteroatoms. The zero-order valence-corrected chi connectivity index (χ0v) is 18.7. The normalized spacial score (nSPS) is 11.9. The molecule has 162 valence electrons. The Morgan fingerprint density at radius 1 is 1.06 bits per heavy atom. The number of fused-ring (bicyclic) bond motifs is 2. The molecule has 7 nitrogen and oxygen atoms in total. The molecule has 0 spiro atoms.